The second kappa shape index (κ2) is 8.51. The van der Waals surface area contributed by atoms with Gasteiger partial charge >= 0.3 is 7.60 Å². The molecule has 124 valence electrons. The van der Waals surface area contributed by atoms with Gasteiger partial charge in [-0.3, -0.25) is 4.57 Å². The molecule has 6 heteroatoms. The zero-order valence-electron chi connectivity index (χ0n) is 13.2. The van der Waals surface area contributed by atoms with Crippen LogP contribution in [0.4, 0.5) is 5.69 Å². The highest BCUT2D eigenvalue weighted by Crippen LogP contribution is 2.60. The lowest BCUT2D eigenvalue weighted by Crippen LogP contribution is -2.15. The molecule has 2 aromatic carbocycles. The molecule has 0 spiro atoms. The van der Waals surface area contributed by atoms with Gasteiger partial charge in [0.05, 0.1) is 13.2 Å². The van der Waals surface area contributed by atoms with Gasteiger partial charge in [-0.05, 0) is 43.7 Å². The van der Waals surface area contributed by atoms with Crippen LogP contribution < -0.4 is 5.32 Å². The van der Waals surface area contributed by atoms with E-state index in [0.717, 1.165) is 11.3 Å². The van der Waals surface area contributed by atoms with Crippen molar-refractivity contribution in [3.05, 3.63) is 65.2 Å². The smallest absolute Gasteiger partial charge is 0.357 e. The van der Waals surface area contributed by atoms with E-state index in [1.54, 1.807) is 26.0 Å². The van der Waals surface area contributed by atoms with Crippen molar-refractivity contribution in [1.29, 1.82) is 0 Å². The molecular weight excluding hydrogens is 333 g/mol. The molecule has 0 saturated heterocycles. The third-order valence-corrected chi connectivity index (χ3v) is 5.75. The SMILES string of the molecule is CCOP(=O)(OCC)C(Nc1ccccc1)c1ccc(Cl)cc1. The van der Waals surface area contributed by atoms with E-state index in [1.807, 2.05) is 42.5 Å². The molecule has 1 N–H and O–H groups in total. The van der Waals surface area contributed by atoms with Crippen LogP contribution in [0.25, 0.3) is 0 Å². The van der Waals surface area contributed by atoms with E-state index in [0.29, 0.717) is 18.2 Å². The summed E-state index contributed by atoms with van der Waals surface area (Å²) in [5.74, 6) is -0.609. The summed E-state index contributed by atoms with van der Waals surface area (Å²) in [6, 6.07) is 16.7. The fourth-order valence-corrected chi connectivity index (χ4v) is 4.29. The van der Waals surface area contributed by atoms with Gasteiger partial charge in [-0.15, -0.1) is 0 Å². The van der Waals surface area contributed by atoms with Crippen LogP contribution in [0, 0.1) is 0 Å². The molecule has 0 saturated carbocycles. The molecule has 0 fully saturated rings. The lowest BCUT2D eigenvalue weighted by Gasteiger charge is -2.28. The number of anilines is 1. The molecule has 1 unspecified atom stereocenters. The van der Waals surface area contributed by atoms with Gasteiger partial charge in [-0.2, -0.15) is 0 Å². The van der Waals surface area contributed by atoms with Crippen molar-refractivity contribution in [2.24, 2.45) is 0 Å². The van der Waals surface area contributed by atoms with Crippen molar-refractivity contribution in [3.8, 4) is 0 Å². The summed E-state index contributed by atoms with van der Waals surface area (Å²) in [7, 11) is -3.39. The minimum absolute atomic E-state index is 0.303. The van der Waals surface area contributed by atoms with Crippen LogP contribution in [0.1, 0.15) is 25.2 Å². The van der Waals surface area contributed by atoms with Crippen LogP contribution in [0.3, 0.4) is 0 Å². The summed E-state index contributed by atoms with van der Waals surface area (Å²) < 4.78 is 24.3. The van der Waals surface area contributed by atoms with Gasteiger partial charge < -0.3 is 14.4 Å². The van der Waals surface area contributed by atoms with Gasteiger partial charge in [0.25, 0.3) is 0 Å². The number of nitrogens with one attached hydrogen (secondary N) is 1. The van der Waals surface area contributed by atoms with Gasteiger partial charge in [0, 0.05) is 10.7 Å². The average molecular weight is 354 g/mol. The Balaban J connectivity index is 2.40. The van der Waals surface area contributed by atoms with E-state index in [9.17, 15) is 4.57 Å². The van der Waals surface area contributed by atoms with E-state index in [2.05, 4.69) is 5.32 Å². The first-order valence-electron chi connectivity index (χ1n) is 7.55. The molecule has 0 heterocycles. The van der Waals surface area contributed by atoms with Crippen LogP contribution in [0.5, 0.6) is 0 Å². The van der Waals surface area contributed by atoms with Crippen molar-refractivity contribution < 1.29 is 13.6 Å². The third kappa shape index (κ3) is 4.82. The third-order valence-electron chi connectivity index (χ3n) is 3.20. The van der Waals surface area contributed by atoms with Crippen molar-refractivity contribution >= 4 is 24.9 Å². The van der Waals surface area contributed by atoms with Gasteiger partial charge in [-0.1, -0.05) is 41.9 Å². The topological polar surface area (TPSA) is 47.6 Å². The fourth-order valence-electron chi connectivity index (χ4n) is 2.23. The molecule has 0 aliphatic carbocycles. The monoisotopic (exact) mass is 353 g/mol. The first kappa shape index (κ1) is 18.0. The molecule has 2 rings (SSSR count). The number of hydrogen-bond acceptors (Lipinski definition) is 4. The summed E-state index contributed by atoms with van der Waals surface area (Å²) in [5.41, 5.74) is 1.63. The highest BCUT2D eigenvalue weighted by Gasteiger charge is 2.37. The normalized spacial score (nSPS) is 12.8. The Labute approximate surface area is 142 Å². The van der Waals surface area contributed by atoms with Crippen LogP contribution >= 0.6 is 19.2 Å². The van der Waals surface area contributed by atoms with Gasteiger partial charge in [0.2, 0.25) is 0 Å². The second-order valence-corrected chi connectivity index (χ2v) is 7.39. The molecule has 0 amide bonds. The zero-order valence-corrected chi connectivity index (χ0v) is 14.9. The zero-order chi connectivity index (χ0) is 16.7. The van der Waals surface area contributed by atoms with Crippen LogP contribution in [-0.4, -0.2) is 13.2 Å². The lowest BCUT2D eigenvalue weighted by atomic mass is 10.2. The Morgan fingerprint density at radius 2 is 1.57 bits per heavy atom. The van der Waals surface area contributed by atoms with Crippen molar-refractivity contribution in [2.45, 2.75) is 19.6 Å². The summed E-state index contributed by atoms with van der Waals surface area (Å²) in [6.45, 7) is 4.20. The molecule has 0 radical (unpaired) electrons. The summed E-state index contributed by atoms with van der Waals surface area (Å²) in [5, 5.41) is 3.89. The lowest BCUT2D eigenvalue weighted by molar-refractivity contribution is 0.214. The molecule has 4 nitrogen and oxygen atoms in total. The Bertz CT molecular complexity index is 639. The maximum Gasteiger partial charge on any atom is 0.357 e. The Hall–Kier alpha value is -1.32. The number of benzene rings is 2. The van der Waals surface area contributed by atoms with E-state index >= 15 is 0 Å². The number of rotatable bonds is 8. The minimum Gasteiger partial charge on any atom is -0.368 e. The number of para-hydroxylation sites is 1. The predicted molar refractivity (Wildman–Crippen MR) is 95.1 cm³/mol. The Morgan fingerprint density at radius 1 is 1.00 bits per heavy atom. The highest BCUT2D eigenvalue weighted by molar-refractivity contribution is 7.54. The van der Waals surface area contributed by atoms with Crippen LogP contribution in [0.2, 0.25) is 5.02 Å². The maximum absolute atomic E-state index is 13.3. The van der Waals surface area contributed by atoms with Crippen molar-refractivity contribution in [2.75, 3.05) is 18.5 Å². The van der Waals surface area contributed by atoms with Gasteiger partial charge in [-0.25, -0.2) is 0 Å². The van der Waals surface area contributed by atoms with Gasteiger partial charge in [0.1, 0.15) is 0 Å². The summed E-state index contributed by atoms with van der Waals surface area (Å²) in [4.78, 5) is 0. The van der Waals surface area contributed by atoms with E-state index in [1.165, 1.54) is 0 Å². The van der Waals surface area contributed by atoms with Crippen molar-refractivity contribution in [1.82, 2.24) is 0 Å². The largest absolute Gasteiger partial charge is 0.368 e. The quantitative estimate of drug-likeness (QED) is 0.617. The maximum atomic E-state index is 13.3. The average Bonchev–Trinajstić information content (AvgIpc) is 2.55. The molecule has 0 aliphatic rings. The predicted octanol–water partition coefficient (Wildman–Crippen LogP) is 5.72. The highest BCUT2D eigenvalue weighted by atomic mass is 35.5. The molecule has 1 atom stereocenters. The van der Waals surface area contributed by atoms with E-state index < -0.39 is 13.4 Å². The van der Waals surface area contributed by atoms with Gasteiger partial charge in [0.15, 0.2) is 5.78 Å². The molecule has 23 heavy (non-hydrogen) atoms. The summed E-state index contributed by atoms with van der Waals surface area (Å²) >= 11 is 5.96. The molecule has 2 aromatic rings. The molecule has 0 bridgehead atoms. The molecule has 0 aromatic heterocycles. The Morgan fingerprint density at radius 3 is 2.09 bits per heavy atom. The standard InChI is InChI=1S/C17H21ClNO3P/c1-3-21-23(20,22-4-2)17(14-10-12-15(18)13-11-14)19-16-8-6-5-7-9-16/h5-13,17,19H,3-4H2,1-2H3. The molecular formula is C17H21ClNO3P. The van der Waals surface area contributed by atoms with Crippen LogP contribution in [-0.2, 0) is 13.6 Å². The first-order valence-corrected chi connectivity index (χ1v) is 9.54. The first-order chi connectivity index (χ1) is 11.1. The minimum atomic E-state index is -3.39. The van der Waals surface area contributed by atoms with E-state index in [-0.39, 0.29) is 0 Å². The Kier molecular flexibility index (Phi) is 6.67. The molecule has 0 aliphatic heterocycles. The second-order valence-electron chi connectivity index (χ2n) is 4.84. The van der Waals surface area contributed by atoms with Crippen molar-refractivity contribution in [3.63, 3.8) is 0 Å². The fraction of sp³-hybridized carbons (Fsp3) is 0.294. The number of halogens is 1. The van der Waals surface area contributed by atoms with E-state index in [4.69, 9.17) is 20.6 Å². The number of hydrogen-bond donors (Lipinski definition) is 1. The summed E-state index contributed by atoms with van der Waals surface area (Å²) in [6.07, 6.45) is 0. The van der Waals surface area contributed by atoms with Crippen LogP contribution in [0.15, 0.2) is 54.6 Å².